The first-order valence-electron chi connectivity index (χ1n) is 5.32. The fourth-order valence-corrected chi connectivity index (χ4v) is 1.84. The first-order valence-corrected chi connectivity index (χ1v) is 5.32. The summed E-state index contributed by atoms with van der Waals surface area (Å²) >= 11 is 0. The highest BCUT2D eigenvalue weighted by atomic mass is 16.5. The third kappa shape index (κ3) is 2.14. The molecule has 1 heterocycles. The smallest absolute Gasteiger partial charge is 0.108 e. The fraction of sp³-hybridized carbons (Fsp3) is 0.500. The van der Waals surface area contributed by atoms with Crippen LogP contribution in [0.1, 0.15) is 31.4 Å². The van der Waals surface area contributed by atoms with Crippen molar-refractivity contribution >= 4 is 0 Å². The summed E-state index contributed by atoms with van der Waals surface area (Å²) in [5.74, 6) is 0. The van der Waals surface area contributed by atoms with Crippen LogP contribution < -0.4 is 5.32 Å². The molecule has 0 radical (unpaired) electrons. The molecule has 0 aliphatic carbocycles. The highest BCUT2D eigenvalue weighted by Crippen LogP contribution is 2.21. The van der Waals surface area contributed by atoms with E-state index in [9.17, 15) is 0 Å². The Morgan fingerprint density at radius 2 is 2.14 bits per heavy atom. The molecule has 2 nitrogen and oxygen atoms in total. The van der Waals surface area contributed by atoms with Gasteiger partial charge in [0, 0.05) is 0 Å². The van der Waals surface area contributed by atoms with Gasteiger partial charge in [0.2, 0.25) is 0 Å². The summed E-state index contributed by atoms with van der Waals surface area (Å²) in [5.41, 5.74) is 1.33. The number of benzene rings is 1. The van der Waals surface area contributed by atoms with Crippen LogP contribution in [0.15, 0.2) is 30.3 Å². The predicted molar refractivity (Wildman–Crippen MR) is 57.0 cm³/mol. The van der Waals surface area contributed by atoms with Crippen molar-refractivity contribution in [3.8, 4) is 0 Å². The summed E-state index contributed by atoms with van der Waals surface area (Å²) in [6, 6.07) is 10.9. The van der Waals surface area contributed by atoms with E-state index in [1.54, 1.807) is 0 Å². The average Bonchev–Trinajstić information content (AvgIpc) is 2.68. The zero-order chi connectivity index (χ0) is 9.80. The lowest BCUT2D eigenvalue weighted by Crippen LogP contribution is -2.24. The van der Waals surface area contributed by atoms with Crippen LogP contribution in [-0.2, 0) is 4.74 Å². The summed E-state index contributed by atoms with van der Waals surface area (Å²) in [6.07, 6.45) is 2.52. The van der Waals surface area contributed by atoms with Crippen LogP contribution in [0.3, 0.4) is 0 Å². The van der Waals surface area contributed by atoms with Crippen molar-refractivity contribution < 1.29 is 4.74 Å². The van der Waals surface area contributed by atoms with Gasteiger partial charge in [0.25, 0.3) is 0 Å². The molecule has 2 atom stereocenters. The van der Waals surface area contributed by atoms with Crippen molar-refractivity contribution in [2.75, 3.05) is 6.61 Å². The molecule has 1 unspecified atom stereocenters. The van der Waals surface area contributed by atoms with Crippen molar-refractivity contribution in [1.29, 1.82) is 0 Å². The Bertz CT molecular complexity index is 273. The van der Waals surface area contributed by atoms with Gasteiger partial charge < -0.3 is 4.74 Å². The molecule has 1 fully saturated rings. The van der Waals surface area contributed by atoms with E-state index in [1.807, 2.05) is 6.07 Å². The van der Waals surface area contributed by atoms with Gasteiger partial charge in [0.15, 0.2) is 0 Å². The van der Waals surface area contributed by atoms with E-state index in [-0.39, 0.29) is 6.23 Å². The van der Waals surface area contributed by atoms with Gasteiger partial charge in [-0.15, -0.1) is 0 Å². The molecule has 0 spiro atoms. The lowest BCUT2D eigenvalue weighted by Gasteiger charge is -2.11. The van der Waals surface area contributed by atoms with Gasteiger partial charge in [-0.1, -0.05) is 43.7 Å². The number of hydrogen-bond donors (Lipinski definition) is 1. The van der Waals surface area contributed by atoms with Gasteiger partial charge in [-0.05, 0) is 12.0 Å². The molecule has 14 heavy (non-hydrogen) atoms. The van der Waals surface area contributed by atoms with E-state index in [0.717, 1.165) is 13.0 Å². The van der Waals surface area contributed by atoms with Crippen LogP contribution >= 0.6 is 0 Å². The minimum absolute atomic E-state index is 0.255. The van der Waals surface area contributed by atoms with E-state index >= 15 is 0 Å². The molecule has 1 aromatic carbocycles. The Morgan fingerprint density at radius 3 is 2.86 bits per heavy atom. The summed E-state index contributed by atoms with van der Waals surface area (Å²) in [6.45, 7) is 2.98. The van der Waals surface area contributed by atoms with Gasteiger partial charge in [0.1, 0.15) is 6.23 Å². The van der Waals surface area contributed by atoms with E-state index in [0.29, 0.717) is 6.04 Å². The molecule has 2 rings (SSSR count). The molecular weight excluding hydrogens is 174 g/mol. The SMILES string of the molecule is CCCC1N[C@H](c2ccccc2)CO1. The number of ether oxygens (including phenoxy) is 1. The highest BCUT2D eigenvalue weighted by molar-refractivity contribution is 5.19. The summed E-state index contributed by atoms with van der Waals surface area (Å²) < 4.78 is 5.65. The van der Waals surface area contributed by atoms with Gasteiger partial charge in [0.05, 0.1) is 12.6 Å². The Kier molecular flexibility index (Phi) is 3.17. The summed E-state index contributed by atoms with van der Waals surface area (Å²) in [7, 11) is 0. The van der Waals surface area contributed by atoms with E-state index < -0.39 is 0 Å². The minimum Gasteiger partial charge on any atom is -0.361 e. The Hall–Kier alpha value is -0.860. The summed E-state index contributed by atoms with van der Waals surface area (Å²) in [5, 5.41) is 3.49. The number of rotatable bonds is 3. The second-order valence-electron chi connectivity index (χ2n) is 3.74. The molecule has 1 aromatic rings. The normalized spacial score (nSPS) is 26.6. The molecule has 1 aliphatic heterocycles. The molecule has 0 amide bonds. The first kappa shape index (κ1) is 9.69. The van der Waals surface area contributed by atoms with Crippen LogP contribution in [-0.4, -0.2) is 12.8 Å². The molecule has 1 N–H and O–H groups in total. The molecule has 76 valence electrons. The maximum absolute atomic E-state index is 5.65. The monoisotopic (exact) mass is 191 g/mol. The maximum atomic E-state index is 5.65. The van der Waals surface area contributed by atoms with Crippen LogP contribution in [0.25, 0.3) is 0 Å². The minimum atomic E-state index is 0.255. The number of nitrogens with one attached hydrogen (secondary N) is 1. The topological polar surface area (TPSA) is 21.3 Å². The molecular formula is C12H17NO. The van der Waals surface area contributed by atoms with Gasteiger partial charge in [-0.2, -0.15) is 0 Å². The van der Waals surface area contributed by atoms with Crippen LogP contribution in [0.5, 0.6) is 0 Å². The van der Waals surface area contributed by atoms with Gasteiger partial charge >= 0.3 is 0 Å². The van der Waals surface area contributed by atoms with E-state index in [4.69, 9.17) is 4.74 Å². The van der Waals surface area contributed by atoms with Gasteiger partial charge in [-0.25, -0.2) is 0 Å². The third-order valence-corrected chi connectivity index (χ3v) is 2.60. The fourth-order valence-electron chi connectivity index (χ4n) is 1.84. The Balaban J connectivity index is 1.96. The molecule has 1 aliphatic rings. The van der Waals surface area contributed by atoms with E-state index in [1.165, 1.54) is 12.0 Å². The zero-order valence-corrected chi connectivity index (χ0v) is 8.57. The zero-order valence-electron chi connectivity index (χ0n) is 8.57. The largest absolute Gasteiger partial charge is 0.361 e. The second kappa shape index (κ2) is 4.58. The lowest BCUT2D eigenvalue weighted by atomic mass is 10.1. The molecule has 0 bridgehead atoms. The van der Waals surface area contributed by atoms with Crippen LogP contribution in [0.4, 0.5) is 0 Å². The average molecular weight is 191 g/mol. The predicted octanol–water partition coefficient (Wildman–Crippen LogP) is 2.47. The van der Waals surface area contributed by atoms with Crippen molar-refractivity contribution in [3.05, 3.63) is 35.9 Å². The standard InChI is InChI=1S/C12H17NO/c1-2-6-12-13-11(9-14-12)10-7-4-3-5-8-10/h3-5,7-8,11-13H,2,6,9H2,1H3/t11-,12?/m0/s1. The second-order valence-corrected chi connectivity index (χ2v) is 3.74. The van der Waals surface area contributed by atoms with Gasteiger partial charge in [-0.3, -0.25) is 5.32 Å². The molecule has 0 aromatic heterocycles. The van der Waals surface area contributed by atoms with Crippen molar-refractivity contribution in [2.45, 2.75) is 32.0 Å². The number of hydrogen-bond acceptors (Lipinski definition) is 2. The lowest BCUT2D eigenvalue weighted by molar-refractivity contribution is 0.0927. The Labute approximate surface area is 85.3 Å². The first-order chi connectivity index (χ1) is 6.90. The molecule has 0 saturated carbocycles. The van der Waals surface area contributed by atoms with Crippen molar-refractivity contribution in [1.82, 2.24) is 5.32 Å². The Morgan fingerprint density at radius 1 is 1.36 bits per heavy atom. The maximum Gasteiger partial charge on any atom is 0.108 e. The third-order valence-electron chi connectivity index (χ3n) is 2.60. The summed E-state index contributed by atoms with van der Waals surface area (Å²) in [4.78, 5) is 0. The van der Waals surface area contributed by atoms with Crippen LogP contribution in [0.2, 0.25) is 0 Å². The van der Waals surface area contributed by atoms with Crippen molar-refractivity contribution in [3.63, 3.8) is 0 Å². The highest BCUT2D eigenvalue weighted by Gasteiger charge is 2.24. The van der Waals surface area contributed by atoms with E-state index in [2.05, 4.69) is 36.5 Å². The molecule has 2 heteroatoms. The quantitative estimate of drug-likeness (QED) is 0.792. The molecule has 1 saturated heterocycles. The van der Waals surface area contributed by atoms with Crippen molar-refractivity contribution in [2.24, 2.45) is 0 Å². The van der Waals surface area contributed by atoms with Crippen LogP contribution in [0, 0.1) is 0 Å².